The minimum absolute atomic E-state index is 0.250. The Morgan fingerprint density at radius 2 is 1.89 bits per heavy atom. The third-order valence-electron chi connectivity index (χ3n) is 2.53. The lowest BCUT2D eigenvalue weighted by molar-refractivity contribution is 0.0283. The number of nitrogens with one attached hydrogen (secondary N) is 1. The summed E-state index contributed by atoms with van der Waals surface area (Å²) in [6.45, 7) is 5.62. The number of hydrogen-bond acceptors (Lipinski definition) is 3. The van der Waals surface area contributed by atoms with Crippen LogP contribution in [-0.4, -0.2) is 22.7 Å². The maximum Gasteiger partial charge on any atom is 0.429 e. The lowest BCUT2D eigenvalue weighted by atomic mass is 10.2. The van der Waals surface area contributed by atoms with Crippen LogP contribution in [0.5, 0.6) is 0 Å². The van der Waals surface area contributed by atoms with Crippen molar-refractivity contribution in [3.8, 4) is 0 Å². The highest BCUT2D eigenvalue weighted by Crippen LogP contribution is 2.28. The fourth-order valence-corrected chi connectivity index (χ4v) is 1.58. The van der Waals surface area contributed by atoms with Gasteiger partial charge in [-0.2, -0.15) is 0 Å². The van der Waals surface area contributed by atoms with Crippen molar-refractivity contribution >= 4 is 11.8 Å². The average Bonchev–Trinajstić information content (AvgIpc) is 3.08. The molecule has 1 saturated carbocycles. The Balaban J connectivity index is 2.02. The van der Waals surface area contributed by atoms with Gasteiger partial charge in [-0.15, -0.1) is 0 Å². The molecule has 0 heterocycles. The first-order valence-electron chi connectivity index (χ1n) is 6.29. The molecule has 1 aromatic carbocycles. The van der Waals surface area contributed by atoms with Gasteiger partial charge >= 0.3 is 6.09 Å². The van der Waals surface area contributed by atoms with Gasteiger partial charge in [-0.3, -0.25) is 5.43 Å². The van der Waals surface area contributed by atoms with Gasteiger partial charge in [0.1, 0.15) is 5.60 Å². The molecule has 0 spiro atoms. The normalized spacial score (nSPS) is 15.1. The van der Waals surface area contributed by atoms with E-state index < -0.39 is 5.60 Å². The summed E-state index contributed by atoms with van der Waals surface area (Å²) in [5.41, 5.74) is 3.55. The lowest BCUT2D eigenvalue weighted by Crippen LogP contribution is -2.41. The fraction of sp³-hybridized carbons (Fsp3) is 0.500. The number of para-hydroxylation sites is 1. The Bertz CT molecular complexity index is 408. The van der Waals surface area contributed by atoms with Gasteiger partial charge in [0, 0.05) is 0 Å². The third kappa shape index (κ3) is 3.65. The minimum Gasteiger partial charge on any atom is -0.442 e. The number of hydrazine groups is 1. The molecule has 1 amide bonds. The Morgan fingerprint density at radius 3 is 2.39 bits per heavy atom. The number of amides is 1. The summed E-state index contributed by atoms with van der Waals surface area (Å²) in [5, 5.41) is 1.60. The van der Waals surface area contributed by atoms with Crippen LogP contribution in [0.25, 0.3) is 0 Å². The van der Waals surface area contributed by atoms with Crippen LogP contribution < -0.4 is 5.43 Å². The molecule has 1 aliphatic rings. The minimum atomic E-state index is -0.470. The molecule has 2 rings (SSSR count). The summed E-state index contributed by atoms with van der Waals surface area (Å²) in [5.74, 6) is 0. The van der Waals surface area contributed by atoms with Crippen LogP contribution in [-0.2, 0) is 4.74 Å². The number of carbonyl (C=O) groups is 1. The van der Waals surface area contributed by atoms with Crippen molar-refractivity contribution in [3.63, 3.8) is 0 Å². The monoisotopic (exact) mass is 248 g/mol. The number of carbonyl (C=O) groups excluding carboxylic acids is 1. The predicted octanol–water partition coefficient (Wildman–Crippen LogP) is 3.41. The van der Waals surface area contributed by atoms with E-state index in [0.717, 1.165) is 18.5 Å². The second kappa shape index (κ2) is 4.88. The maximum absolute atomic E-state index is 12.1. The number of anilines is 1. The second-order valence-electron chi connectivity index (χ2n) is 5.56. The van der Waals surface area contributed by atoms with Crippen molar-refractivity contribution in [1.82, 2.24) is 5.01 Å². The number of benzene rings is 1. The van der Waals surface area contributed by atoms with Gasteiger partial charge in [-0.05, 0) is 45.7 Å². The summed E-state index contributed by atoms with van der Waals surface area (Å²) < 4.78 is 5.40. The predicted molar refractivity (Wildman–Crippen MR) is 71.2 cm³/mol. The molecule has 0 aromatic heterocycles. The fourth-order valence-electron chi connectivity index (χ4n) is 1.58. The molecule has 0 radical (unpaired) electrons. The van der Waals surface area contributed by atoms with Crippen molar-refractivity contribution in [3.05, 3.63) is 30.3 Å². The molecule has 1 aromatic rings. The Morgan fingerprint density at radius 1 is 1.28 bits per heavy atom. The van der Waals surface area contributed by atoms with Gasteiger partial charge in [0.2, 0.25) is 0 Å². The van der Waals surface area contributed by atoms with E-state index >= 15 is 0 Å². The molecule has 0 unspecified atom stereocenters. The van der Waals surface area contributed by atoms with Gasteiger partial charge in [-0.25, -0.2) is 9.80 Å². The zero-order chi connectivity index (χ0) is 13.2. The van der Waals surface area contributed by atoms with E-state index in [-0.39, 0.29) is 12.1 Å². The molecule has 4 heteroatoms. The van der Waals surface area contributed by atoms with Gasteiger partial charge in [0.15, 0.2) is 0 Å². The first-order chi connectivity index (χ1) is 8.46. The van der Waals surface area contributed by atoms with Crippen LogP contribution in [0.3, 0.4) is 0 Å². The molecule has 18 heavy (non-hydrogen) atoms. The summed E-state index contributed by atoms with van der Waals surface area (Å²) in [6.07, 6.45) is 1.74. The molecule has 0 saturated heterocycles. The summed E-state index contributed by atoms with van der Waals surface area (Å²) in [6, 6.07) is 9.92. The SMILES string of the molecule is CC(C)(C)OC(=O)N(Nc1ccccc1)C1CC1. The van der Waals surface area contributed by atoms with E-state index in [1.165, 1.54) is 0 Å². The van der Waals surface area contributed by atoms with Gasteiger partial charge in [-0.1, -0.05) is 18.2 Å². The van der Waals surface area contributed by atoms with E-state index in [1.807, 2.05) is 51.1 Å². The maximum atomic E-state index is 12.1. The summed E-state index contributed by atoms with van der Waals surface area (Å²) >= 11 is 0. The zero-order valence-electron chi connectivity index (χ0n) is 11.1. The van der Waals surface area contributed by atoms with E-state index in [4.69, 9.17) is 4.74 Å². The van der Waals surface area contributed by atoms with Crippen LogP contribution >= 0.6 is 0 Å². The number of rotatable bonds is 3. The Hall–Kier alpha value is -1.71. The average molecular weight is 248 g/mol. The van der Waals surface area contributed by atoms with Gasteiger partial charge in [0.05, 0.1) is 11.7 Å². The largest absolute Gasteiger partial charge is 0.442 e. The molecule has 4 nitrogen and oxygen atoms in total. The first-order valence-corrected chi connectivity index (χ1v) is 6.29. The molecular formula is C14H20N2O2. The van der Waals surface area contributed by atoms with Crippen molar-refractivity contribution in [1.29, 1.82) is 0 Å². The third-order valence-corrected chi connectivity index (χ3v) is 2.53. The van der Waals surface area contributed by atoms with Crippen LogP contribution in [0.15, 0.2) is 30.3 Å². The topological polar surface area (TPSA) is 41.6 Å². The molecule has 0 bridgehead atoms. The van der Waals surface area contributed by atoms with Crippen LogP contribution in [0.2, 0.25) is 0 Å². The quantitative estimate of drug-likeness (QED) is 0.833. The number of ether oxygens (including phenoxy) is 1. The Labute approximate surface area is 108 Å². The molecule has 0 aliphatic heterocycles. The molecule has 1 fully saturated rings. The van der Waals surface area contributed by atoms with Crippen molar-refractivity contribution in [2.45, 2.75) is 45.3 Å². The standard InChI is InChI=1S/C14H20N2O2/c1-14(2,3)18-13(17)16(12-9-10-12)15-11-7-5-4-6-8-11/h4-8,12,15H,9-10H2,1-3H3. The van der Waals surface area contributed by atoms with Gasteiger partial charge < -0.3 is 4.74 Å². The molecule has 98 valence electrons. The molecular weight excluding hydrogens is 228 g/mol. The van der Waals surface area contributed by atoms with Crippen molar-refractivity contribution < 1.29 is 9.53 Å². The van der Waals surface area contributed by atoms with Crippen LogP contribution in [0, 0.1) is 0 Å². The highest BCUT2D eigenvalue weighted by atomic mass is 16.6. The highest BCUT2D eigenvalue weighted by Gasteiger charge is 2.35. The molecule has 1 aliphatic carbocycles. The highest BCUT2D eigenvalue weighted by molar-refractivity contribution is 5.71. The lowest BCUT2D eigenvalue weighted by Gasteiger charge is -2.28. The van der Waals surface area contributed by atoms with Gasteiger partial charge in [0.25, 0.3) is 0 Å². The summed E-state index contributed by atoms with van der Waals surface area (Å²) in [7, 11) is 0. The van der Waals surface area contributed by atoms with E-state index in [0.29, 0.717) is 0 Å². The Kier molecular flexibility index (Phi) is 3.45. The van der Waals surface area contributed by atoms with Crippen LogP contribution in [0.4, 0.5) is 10.5 Å². The smallest absolute Gasteiger partial charge is 0.429 e. The van der Waals surface area contributed by atoms with Crippen molar-refractivity contribution in [2.75, 3.05) is 5.43 Å². The number of hydrogen-bond donors (Lipinski definition) is 1. The molecule has 1 N–H and O–H groups in total. The van der Waals surface area contributed by atoms with E-state index in [9.17, 15) is 4.79 Å². The van der Waals surface area contributed by atoms with E-state index in [1.54, 1.807) is 5.01 Å². The van der Waals surface area contributed by atoms with Crippen LogP contribution in [0.1, 0.15) is 33.6 Å². The van der Waals surface area contributed by atoms with Crippen molar-refractivity contribution in [2.24, 2.45) is 0 Å². The molecule has 0 atom stereocenters. The number of nitrogens with zero attached hydrogens (tertiary/aromatic N) is 1. The first kappa shape index (κ1) is 12.7. The zero-order valence-corrected chi connectivity index (χ0v) is 11.1. The van der Waals surface area contributed by atoms with E-state index in [2.05, 4.69) is 5.43 Å². The summed E-state index contributed by atoms with van der Waals surface area (Å²) in [4.78, 5) is 12.1. The second-order valence-corrected chi connectivity index (χ2v) is 5.56.